The van der Waals surface area contributed by atoms with Crippen LogP contribution in [0.15, 0.2) is 58.5 Å². The molecule has 0 amide bonds. The number of aliphatic hydroxyl groups is 1. The monoisotopic (exact) mass is 584 g/mol. The maximum Gasteiger partial charge on any atom is 0.225 e. The van der Waals surface area contributed by atoms with Crippen LogP contribution in [0.2, 0.25) is 0 Å². The third-order valence-corrected chi connectivity index (χ3v) is 10.4. The van der Waals surface area contributed by atoms with Crippen molar-refractivity contribution in [1.82, 2.24) is 15.0 Å². The second-order valence-corrected chi connectivity index (χ2v) is 13.8. The first-order chi connectivity index (χ1) is 20.4. The molecule has 4 unspecified atom stereocenters. The predicted molar refractivity (Wildman–Crippen MR) is 172 cm³/mol. The largest absolute Gasteiger partial charge is 0.393 e. The molecule has 3 aromatic rings. The lowest BCUT2D eigenvalue weighted by Gasteiger charge is -2.32. The lowest BCUT2D eigenvalue weighted by molar-refractivity contribution is 0.126. The highest BCUT2D eigenvalue weighted by Crippen LogP contribution is 2.41. The van der Waals surface area contributed by atoms with Gasteiger partial charge in [-0.15, -0.1) is 0 Å². The number of thioether (sulfide) groups is 1. The van der Waals surface area contributed by atoms with E-state index in [0.29, 0.717) is 29.5 Å². The zero-order valence-corrected chi connectivity index (χ0v) is 25.7. The van der Waals surface area contributed by atoms with Gasteiger partial charge in [0.05, 0.1) is 16.8 Å². The molecule has 0 radical (unpaired) electrons. The molecule has 7 nitrogen and oxygen atoms in total. The number of hydrogen-bond acceptors (Lipinski definition) is 8. The molecule has 222 valence electrons. The number of aliphatic imine (C=N–C) groups is 1. The lowest BCUT2D eigenvalue weighted by Crippen LogP contribution is -2.31. The van der Waals surface area contributed by atoms with E-state index in [2.05, 4.69) is 55.6 Å². The first kappa shape index (κ1) is 29.3. The highest BCUT2D eigenvalue weighted by molar-refractivity contribution is 8.14. The van der Waals surface area contributed by atoms with Crippen molar-refractivity contribution >= 4 is 28.6 Å². The Balaban J connectivity index is 1.29. The molecule has 4 atom stereocenters. The summed E-state index contributed by atoms with van der Waals surface area (Å²) >= 11 is 1.71. The highest BCUT2D eigenvalue weighted by atomic mass is 32.2. The molecule has 2 aromatic heterocycles. The van der Waals surface area contributed by atoms with Crippen LogP contribution in [0.1, 0.15) is 106 Å². The summed E-state index contributed by atoms with van der Waals surface area (Å²) in [5.74, 6) is 2.75. The number of rotatable bonds is 6. The van der Waals surface area contributed by atoms with Gasteiger partial charge < -0.3 is 16.2 Å². The van der Waals surface area contributed by atoms with Crippen molar-refractivity contribution in [2.45, 2.75) is 113 Å². The number of nitrogens with zero attached hydrogens (tertiary/aromatic N) is 4. The maximum absolute atomic E-state index is 9.96. The fourth-order valence-electron chi connectivity index (χ4n) is 6.66. The summed E-state index contributed by atoms with van der Waals surface area (Å²) in [6.07, 6.45) is 9.18. The smallest absolute Gasteiger partial charge is 0.225 e. The average Bonchev–Trinajstić information content (AvgIpc) is 3.13. The summed E-state index contributed by atoms with van der Waals surface area (Å²) in [6.45, 7) is 4.64. The summed E-state index contributed by atoms with van der Waals surface area (Å²) in [5, 5.41) is 15.7. The summed E-state index contributed by atoms with van der Waals surface area (Å²) in [5.41, 5.74) is 11.0. The van der Waals surface area contributed by atoms with Crippen molar-refractivity contribution in [2.24, 2.45) is 16.6 Å². The van der Waals surface area contributed by atoms with Crippen LogP contribution in [0.5, 0.6) is 0 Å². The first-order valence-corrected chi connectivity index (χ1v) is 16.6. The molecule has 1 aliphatic heterocycles. The summed E-state index contributed by atoms with van der Waals surface area (Å²) in [4.78, 5) is 20.2. The minimum atomic E-state index is -0.194. The molecule has 42 heavy (non-hydrogen) atoms. The third-order valence-electron chi connectivity index (χ3n) is 9.33. The van der Waals surface area contributed by atoms with E-state index in [1.54, 1.807) is 11.8 Å². The van der Waals surface area contributed by atoms with Crippen molar-refractivity contribution in [2.75, 3.05) is 5.32 Å². The number of benzene rings is 1. The van der Waals surface area contributed by atoms with Gasteiger partial charge in [-0.3, -0.25) is 0 Å². The number of fused-ring (bicyclic) bond motifs is 1. The fourth-order valence-corrected chi connectivity index (χ4v) is 7.78. The van der Waals surface area contributed by atoms with E-state index in [1.807, 2.05) is 12.1 Å². The van der Waals surface area contributed by atoms with Gasteiger partial charge in [0, 0.05) is 36.2 Å². The molecule has 3 aliphatic rings. The maximum atomic E-state index is 9.96. The second kappa shape index (κ2) is 13.2. The Morgan fingerprint density at radius 3 is 2.57 bits per heavy atom. The zero-order chi connectivity index (χ0) is 29.1. The Morgan fingerprint density at radius 1 is 0.952 bits per heavy atom. The molecule has 2 fully saturated rings. The molecule has 3 heterocycles. The van der Waals surface area contributed by atoms with Crippen LogP contribution in [0.4, 0.5) is 11.8 Å². The topological polar surface area (TPSA) is 109 Å². The van der Waals surface area contributed by atoms with E-state index in [4.69, 9.17) is 25.7 Å². The summed E-state index contributed by atoms with van der Waals surface area (Å²) in [7, 11) is 0. The molecule has 2 saturated carbocycles. The van der Waals surface area contributed by atoms with Gasteiger partial charge in [-0.25, -0.2) is 15.0 Å². The van der Waals surface area contributed by atoms with Crippen molar-refractivity contribution in [1.29, 1.82) is 0 Å². The Kier molecular flexibility index (Phi) is 9.22. The quantitative estimate of drug-likeness (QED) is 0.283. The van der Waals surface area contributed by atoms with Crippen molar-refractivity contribution in [3.8, 4) is 0 Å². The van der Waals surface area contributed by atoms with Gasteiger partial charge in [-0.2, -0.15) is 4.98 Å². The third kappa shape index (κ3) is 7.21. The number of aliphatic hydroxyl groups excluding tert-OH is 1. The van der Waals surface area contributed by atoms with Crippen molar-refractivity contribution < 1.29 is 5.11 Å². The van der Waals surface area contributed by atoms with Crippen LogP contribution >= 0.6 is 11.8 Å². The van der Waals surface area contributed by atoms with Crippen LogP contribution in [0.25, 0.3) is 0 Å². The Labute approximate surface area is 254 Å². The number of aromatic nitrogens is 3. The van der Waals surface area contributed by atoms with Gasteiger partial charge in [0.1, 0.15) is 5.03 Å². The van der Waals surface area contributed by atoms with Crippen LogP contribution in [0, 0.1) is 5.92 Å². The molecule has 1 aromatic carbocycles. The van der Waals surface area contributed by atoms with E-state index in [9.17, 15) is 5.11 Å². The van der Waals surface area contributed by atoms with E-state index >= 15 is 0 Å². The second-order valence-electron chi connectivity index (χ2n) is 12.7. The Hall–Kier alpha value is -2.81. The van der Waals surface area contributed by atoms with Crippen LogP contribution in [-0.2, 0) is 6.42 Å². The Morgan fingerprint density at radius 2 is 1.76 bits per heavy atom. The predicted octanol–water partition coefficient (Wildman–Crippen LogP) is 7.13. The van der Waals surface area contributed by atoms with Crippen molar-refractivity contribution in [3.63, 3.8) is 0 Å². The normalized spacial score (nSPS) is 29.1. The van der Waals surface area contributed by atoms with Gasteiger partial charge in [-0.05, 0) is 86.8 Å². The van der Waals surface area contributed by atoms with E-state index in [0.717, 1.165) is 80.0 Å². The van der Waals surface area contributed by atoms with Gasteiger partial charge in [0.2, 0.25) is 5.95 Å². The first-order valence-electron chi connectivity index (χ1n) is 15.8. The summed E-state index contributed by atoms with van der Waals surface area (Å²) < 4.78 is 0. The number of anilines is 1. The zero-order valence-electron chi connectivity index (χ0n) is 24.9. The van der Waals surface area contributed by atoms with Crippen LogP contribution in [0.3, 0.4) is 0 Å². The highest BCUT2D eigenvalue weighted by Gasteiger charge is 2.30. The van der Waals surface area contributed by atoms with E-state index in [-0.39, 0.29) is 18.2 Å². The molecule has 4 N–H and O–H groups in total. The fraction of sp³-hybridized carbons (Fsp3) is 0.529. The van der Waals surface area contributed by atoms with Crippen LogP contribution < -0.4 is 11.1 Å². The number of hydrogen-bond donors (Lipinski definition) is 3. The number of nitrogens with one attached hydrogen (secondary N) is 1. The number of pyridine rings is 1. The van der Waals surface area contributed by atoms with E-state index in [1.165, 1.54) is 16.8 Å². The van der Waals surface area contributed by atoms with Gasteiger partial charge in [-0.1, -0.05) is 62.0 Å². The molecular weight excluding hydrogens is 540 g/mol. The molecule has 0 spiro atoms. The molecule has 0 saturated heterocycles. The summed E-state index contributed by atoms with van der Waals surface area (Å²) in [6, 6.07) is 17.5. The van der Waals surface area contributed by atoms with Gasteiger partial charge >= 0.3 is 0 Å². The molecule has 8 heteroatoms. The Bertz CT molecular complexity index is 1390. The minimum Gasteiger partial charge on any atom is -0.393 e. The standard InChI is InChI=1S/C34H44N6OS/c1-21-9-17-32(42-33-28(21)15-16-30(38-33)29-19-24(35)10-8-22(29)2)39-31-20-26(18-23-6-4-3-5-7-23)37-34(40-31)36-25-11-13-27(41)14-12-25/h3-7,15-16,20-22,24-25,27,29,41H,8-14,17-19,35H2,1-2H3,(H,36,37,40). The van der Waals surface area contributed by atoms with Gasteiger partial charge in [0.25, 0.3) is 0 Å². The number of nitrogens with two attached hydrogens (primary N) is 1. The SMILES string of the molecule is CC1CCC(=Nc2cc(Cc3ccccc3)nc(NC3CCC(O)CC3)n2)Sc2nc(C3CC(N)CCC3C)ccc21. The molecular formula is C34H44N6OS. The molecule has 2 aliphatic carbocycles. The average molecular weight is 585 g/mol. The lowest BCUT2D eigenvalue weighted by atomic mass is 9.76. The van der Waals surface area contributed by atoms with Gasteiger partial charge in [0.15, 0.2) is 5.82 Å². The minimum absolute atomic E-state index is 0.194. The van der Waals surface area contributed by atoms with Crippen molar-refractivity contribution in [3.05, 3.63) is 71.0 Å². The van der Waals surface area contributed by atoms with Crippen LogP contribution in [-0.4, -0.2) is 43.3 Å². The molecule has 6 rings (SSSR count). The van der Waals surface area contributed by atoms with E-state index < -0.39 is 0 Å². The molecule has 0 bridgehead atoms.